The van der Waals surface area contributed by atoms with Crippen molar-refractivity contribution in [1.82, 2.24) is 0 Å². The topological polar surface area (TPSA) is 12.0 Å². The maximum atomic E-state index is 13.0. The number of anilines is 1. The lowest BCUT2D eigenvalue weighted by molar-refractivity contribution is 0.626. The molecule has 0 spiro atoms. The van der Waals surface area contributed by atoms with E-state index < -0.39 is 0 Å². The van der Waals surface area contributed by atoms with E-state index in [2.05, 4.69) is 43.2 Å². The molecular formula is C14H12Br2FN. The van der Waals surface area contributed by atoms with Crippen LogP contribution in [0.4, 0.5) is 10.1 Å². The van der Waals surface area contributed by atoms with Crippen molar-refractivity contribution in [1.29, 1.82) is 0 Å². The molecular weight excluding hydrogens is 361 g/mol. The van der Waals surface area contributed by atoms with Crippen molar-refractivity contribution in [3.8, 4) is 0 Å². The number of hydrogen-bond acceptors (Lipinski definition) is 1. The first-order chi connectivity index (χ1) is 8.56. The van der Waals surface area contributed by atoms with Crippen LogP contribution in [0.2, 0.25) is 0 Å². The zero-order valence-electron chi connectivity index (χ0n) is 9.81. The van der Waals surface area contributed by atoms with Crippen LogP contribution in [-0.2, 0) is 6.54 Å². The minimum atomic E-state index is -0.231. The predicted octanol–water partition coefficient (Wildman–Crippen LogP) is 5.27. The van der Waals surface area contributed by atoms with Crippen LogP contribution in [0.3, 0.4) is 0 Å². The zero-order valence-corrected chi connectivity index (χ0v) is 13.0. The van der Waals surface area contributed by atoms with Crippen LogP contribution >= 0.6 is 31.9 Å². The second-order valence-electron chi connectivity index (χ2n) is 4.05. The van der Waals surface area contributed by atoms with Crippen LogP contribution in [-0.4, -0.2) is 0 Å². The van der Waals surface area contributed by atoms with Gasteiger partial charge in [-0.15, -0.1) is 0 Å². The van der Waals surface area contributed by atoms with Gasteiger partial charge in [-0.3, -0.25) is 0 Å². The lowest BCUT2D eigenvalue weighted by Crippen LogP contribution is -2.00. The number of aryl methyl sites for hydroxylation is 1. The fourth-order valence-corrected chi connectivity index (χ4v) is 2.35. The first kappa shape index (κ1) is 13.6. The molecule has 1 N–H and O–H groups in total. The molecule has 0 saturated heterocycles. The minimum absolute atomic E-state index is 0.231. The molecule has 2 rings (SSSR count). The summed E-state index contributed by atoms with van der Waals surface area (Å²) >= 11 is 6.83. The molecule has 0 aromatic heterocycles. The Balaban J connectivity index is 2.09. The van der Waals surface area contributed by atoms with Gasteiger partial charge >= 0.3 is 0 Å². The Labute approximate surface area is 123 Å². The normalized spacial score (nSPS) is 10.4. The van der Waals surface area contributed by atoms with Crippen LogP contribution in [0.15, 0.2) is 45.3 Å². The largest absolute Gasteiger partial charge is 0.381 e. The van der Waals surface area contributed by atoms with Crippen LogP contribution < -0.4 is 5.32 Å². The van der Waals surface area contributed by atoms with E-state index in [0.29, 0.717) is 6.54 Å². The smallest absolute Gasteiger partial charge is 0.124 e. The van der Waals surface area contributed by atoms with E-state index in [-0.39, 0.29) is 5.82 Å². The van der Waals surface area contributed by atoms with Gasteiger partial charge in [0.1, 0.15) is 5.82 Å². The molecule has 2 aromatic rings. The predicted molar refractivity (Wildman–Crippen MR) is 80.3 cm³/mol. The zero-order chi connectivity index (χ0) is 13.1. The Morgan fingerprint density at radius 2 is 1.83 bits per heavy atom. The number of rotatable bonds is 3. The molecule has 1 nitrogen and oxygen atoms in total. The molecule has 0 aliphatic rings. The minimum Gasteiger partial charge on any atom is -0.381 e. The Hall–Kier alpha value is -0.870. The lowest BCUT2D eigenvalue weighted by atomic mass is 10.2. The average Bonchev–Trinajstić information content (AvgIpc) is 2.32. The molecule has 0 heterocycles. The fourth-order valence-electron chi connectivity index (χ4n) is 1.62. The maximum absolute atomic E-state index is 13.0. The number of benzene rings is 2. The molecule has 0 aliphatic heterocycles. The summed E-state index contributed by atoms with van der Waals surface area (Å²) in [5.41, 5.74) is 3.25. The van der Waals surface area contributed by atoms with Gasteiger partial charge in [0.15, 0.2) is 0 Å². The highest BCUT2D eigenvalue weighted by Gasteiger charge is 2.02. The molecule has 0 radical (unpaired) electrons. The highest BCUT2D eigenvalue weighted by Crippen LogP contribution is 2.22. The summed E-state index contributed by atoms with van der Waals surface area (Å²) in [7, 11) is 0. The van der Waals surface area contributed by atoms with Gasteiger partial charge in [-0.2, -0.15) is 0 Å². The molecule has 0 unspecified atom stereocenters. The fraction of sp³-hybridized carbons (Fsp3) is 0.143. The molecule has 94 valence electrons. The van der Waals surface area contributed by atoms with Gasteiger partial charge in [-0.05, 0) is 48.4 Å². The van der Waals surface area contributed by atoms with Crippen molar-refractivity contribution in [2.45, 2.75) is 13.5 Å². The van der Waals surface area contributed by atoms with Crippen molar-refractivity contribution in [2.75, 3.05) is 5.32 Å². The van der Waals surface area contributed by atoms with Crippen molar-refractivity contribution >= 4 is 37.5 Å². The van der Waals surface area contributed by atoms with E-state index in [1.807, 2.05) is 19.1 Å². The van der Waals surface area contributed by atoms with Crippen LogP contribution in [0.25, 0.3) is 0 Å². The molecule has 0 amide bonds. The summed E-state index contributed by atoms with van der Waals surface area (Å²) in [4.78, 5) is 0. The monoisotopic (exact) mass is 371 g/mol. The first-order valence-electron chi connectivity index (χ1n) is 5.50. The number of hydrogen-bond donors (Lipinski definition) is 1. The van der Waals surface area contributed by atoms with E-state index in [0.717, 1.165) is 20.2 Å². The van der Waals surface area contributed by atoms with Gasteiger partial charge in [-0.1, -0.05) is 37.9 Å². The number of halogens is 3. The Morgan fingerprint density at radius 1 is 1.06 bits per heavy atom. The summed E-state index contributed by atoms with van der Waals surface area (Å²) in [6.07, 6.45) is 0. The molecule has 0 fully saturated rings. The molecule has 0 aliphatic carbocycles. The summed E-state index contributed by atoms with van der Waals surface area (Å²) in [5.74, 6) is -0.231. The van der Waals surface area contributed by atoms with Gasteiger partial charge < -0.3 is 5.32 Å². The van der Waals surface area contributed by atoms with Gasteiger partial charge in [0.05, 0.1) is 0 Å². The van der Waals surface area contributed by atoms with Crippen molar-refractivity contribution < 1.29 is 4.39 Å². The van der Waals surface area contributed by atoms with E-state index >= 15 is 0 Å². The quantitative estimate of drug-likeness (QED) is 0.773. The highest BCUT2D eigenvalue weighted by atomic mass is 79.9. The Kier molecular flexibility index (Phi) is 4.40. The van der Waals surface area contributed by atoms with Crippen LogP contribution in [0.1, 0.15) is 11.1 Å². The highest BCUT2D eigenvalue weighted by molar-refractivity contribution is 9.10. The molecule has 0 atom stereocenters. The summed E-state index contributed by atoms with van der Waals surface area (Å²) in [6, 6.07) is 10.8. The third-order valence-corrected chi connectivity index (χ3v) is 4.28. The second kappa shape index (κ2) is 5.85. The second-order valence-corrected chi connectivity index (χ2v) is 5.76. The molecule has 0 saturated carbocycles. The van der Waals surface area contributed by atoms with Gasteiger partial charge in [-0.25, -0.2) is 4.39 Å². The molecule has 2 aromatic carbocycles. The van der Waals surface area contributed by atoms with E-state index in [1.165, 1.54) is 17.7 Å². The first-order valence-corrected chi connectivity index (χ1v) is 7.09. The maximum Gasteiger partial charge on any atom is 0.124 e. The summed E-state index contributed by atoms with van der Waals surface area (Å²) in [5, 5.41) is 3.32. The van der Waals surface area contributed by atoms with Gasteiger partial charge in [0.25, 0.3) is 0 Å². The van der Waals surface area contributed by atoms with Crippen molar-refractivity contribution in [3.05, 3.63) is 62.3 Å². The van der Waals surface area contributed by atoms with E-state index in [1.54, 1.807) is 6.07 Å². The summed E-state index contributed by atoms with van der Waals surface area (Å²) in [6.45, 7) is 2.70. The van der Waals surface area contributed by atoms with Crippen molar-refractivity contribution in [2.24, 2.45) is 0 Å². The number of nitrogens with one attached hydrogen (secondary N) is 1. The van der Waals surface area contributed by atoms with E-state index in [9.17, 15) is 4.39 Å². The van der Waals surface area contributed by atoms with Crippen LogP contribution in [0.5, 0.6) is 0 Å². The Morgan fingerprint density at radius 3 is 2.50 bits per heavy atom. The third kappa shape index (κ3) is 3.33. The average molecular weight is 373 g/mol. The van der Waals surface area contributed by atoms with Crippen LogP contribution in [0, 0.1) is 12.7 Å². The Bertz CT molecular complexity index is 570. The molecule has 18 heavy (non-hydrogen) atoms. The molecule has 4 heteroatoms. The molecule has 0 bridgehead atoms. The van der Waals surface area contributed by atoms with Gasteiger partial charge in [0, 0.05) is 21.2 Å². The van der Waals surface area contributed by atoms with Crippen molar-refractivity contribution in [3.63, 3.8) is 0 Å². The third-order valence-electron chi connectivity index (χ3n) is 2.66. The van der Waals surface area contributed by atoms with Gasteiger partial charge in [0.2, 0.25) is 0 Å². The lowest BCUT2D eigenvalue weighted by Gasteiger charge is -2.09. The SMILES string of the molecule is Cc1cc(NCc2ccc(F)cc2Br)ccc1Br. The van der Waals surface area contributed by atoms with E-state index in [4.69, 9.17) is 0 Å². The summed E-state index contributed by atoms with van der Waals surface area (Å²) < 4.78 is 14.8. The standard InChI is InChI=1S/C14H12Br2FN/c1-9-6-12(4-5-13(9)15)18-8-10-2-3-11(17)7-14(10)16/h2-7,18H,8H2,1H3.